The van der Waals surface area contributed by atoms with Crippen molar-refractivity contribution in [1.29, 1.82) is 0 Å². The molecule has 1 aliphatic heterocycles. The van der Waals surface area contributed by atoms with E-state index in [2.05, 4.69) is 24.5 Å². The highest BCUT2D eigenvalue weighted by atomic mass is 16.2. The monoisotopic (exact) mass is 252 g/mol. The number of nitrogens with one attached hydrogen (secondary N) is 2. The molecule has 2 unspecified atom stereocenters. The van der Waals surface area contributed by atoms with Crippen LogP contribution in [-0.4, -0.2) is 24.5 Å². The molecule has 0 spiro atoms. The first-order valence-corrected chi connectivity index (χ1v) is 7.63. The molecule has 104 valence electrons. The first-order valence-electron chi connectivity index (χ1n) is 7.63. The van der Waals surface area contributed by atoms with Gasteiger partial charge in [0.25, 0.3) is 0 Å². The van der Waals surface area contributed by atoms with Crippen molar-refractivity contribution in [3.63, 3.8) is 0 Å². The fourth-order valence-corrected chi connectivity index (χ4v) is 3.30. The van der Waals surface area contributed by atoms with E-state index in [1.165, 1.54) is 38.5 Å². The lowest BCUT2D eigenvalue weighted by Gasteiger charge is -2.30. The molecule has 2 fully saturated rings. The highest BCUT2D eigenvalue weighted by molar-refractivity contribution is 5.82. The van der Waals surface area contributed by atoms with Gasteiger partial charge in [-0.25, -0.2) is 0 Å². The summed E-state index contributed by atoms with van der Waals surface area (Å²) in [7, 11) is 0. The fourth-order valence-electron chi connectivity index (χ4n) is 3.30. The first kappa shape index (κ1) is 13.9. The van der Waals surface area contributed by atoms with Crippen molar-refractivity contribution in [3.05, 3.63) is 0 Å². The van der Waals surface area contributed by atoms with E-state index in [9.17, 15) is 4.79 Å². The van der Waals surface area contributed by atoms with Crippen LogP contribution in [0.2, 0.25) is 0 Å². The zero-order valence-corrected chi connectivity index (χ0v) is 11.9. The maximum Gasteiger partial charge on any atom is 0.237 e. The summed E-state index contributed by atoms with van der Waals surface area (Å²) in [5, 5.41) is 6.70. The Balaban J connectivity index is 1.86. The summed E-state index contributed by atoms with van der Waals surface area (Å²) < 4.78 is 0. The van der Waals surface area contributed by atoms with E-state index < -0.39 is 0 Å². The summed E-state index contributed by atoms with van der Waals surface area (Å²) in [6, 6.07) is 0.416. The van der Waals surface area contributed by atoms with Gasteiger partial charge in [-0.2, -0.15) is 0 Å². The van der Waals surface area contributed by atoms with Gasteiger partial charge in [-0.1, -0.05) is 39.5 Å². The van der Waals surface area contributed by atoms with Crippen LogP contribution in [0.25, 0.3) is 0 Å². The summed E-state index contributed by atoms with van der Waals surface area (Å²) in [6.45, 7) is 5.54. The molecule has 2 rings (SSSR count). The molecule has 3 heteroatoms. The van der Waals surface area contributed by atoms with Crippen LogP contribution in [0, 0.1) is 5.41 Å². The summed E-state index contributed by atoms with van der Waals surface area (Å²) in [4.78, 5) is 12.3. The van der Waals surface area contributed by atoms with Crippen molar-refractivity contribution in [2.45, 2.75) is 77.3 Å². The largest absolute Gasteiger partial charge is 0.351 e. The van der Waals surface area contributed by atoms with Crippen molar-refractivity contribution in [2.24, 2.45) is 5.41 Å². The second-order valence-electron chi connectivity index (χ2n) is 6.65. The standard InChI is InChI=1S/C15H28N2O/c1-15(2)10-7-9-13(15)17-14(18)12-8-5-3-4-6-11-16-12/h12-13,16H,3-11H2,1-2H3,(H,17,18). The van der Waals surface area contributed by atoms with Gasteiger partial charge in [0.05, 0.1) is 6.04 Å². The van der Waals surface area contributed by atoms with E-state index in [1.54, 1.807) is 0 Å². The molecule has 0 aromatic heterocycles. The molecule has 2 aliphatic rings. The van der Waals surface area contributed by atoms with E-state index in [0.29, 0.717) is 6.04 Å². The Morgan fingerprint density at radius 3 is 2.61 bits per heavy atom. The maximum atomic E-state index is 12.3. The van der Waals surface area contributed by atoms with Gasteiger partial charge in [0.1, 0.15) is 0 Å². The predicted molar refractivity (Wildman–Crippen MR) is 74.4 cm³/mol. The Morgan fingerprint density at radius 2 is 1.89 bits per heavy atom. The van der Waals surface area contributed by atoms with Gasteiger partial charge in [0.15, 0.2) is 0 Å². The second kappa shape index (κ2) is 6.05. The Morgan fingerprint density at radius 1 is 1.11 bits per heavy atom. The Kier molecular flexibility index (Phi) is 4.66. The van der Waals surface area contributed by atoms with Gasteiger partial charge >= 0.3 is 0 Å². The topological polar surface area (TPSA) is 41.1 Å². The highest BCUT2D eigenvalue weighted by Crippen LogP contribution is 2.37. The number of amides is 1. The number of carbonyl (C=O) groups is 1. The van der Waals surface area contributed by atoms with Gasteiger partial charge in [-0.3, -0.25) is 4.79 Å². The lowest BCUT2D eigenvalue weighted by Crippen LogP contribution is -2.50. The molecule has 18 heavy (non-hydrogen) atoms. The molecule has 0 aromatic carbocycles. The SMILES string of the molecule is CC1(C)CCCC1NC(=O)C1CCCCCCN1. The normalized spacial score (nSPS) is 32.6. The number of hydrogen-bond acceptors (Lipinski definition) is 2. The van der Waals surface area contributed by atoms with Crippen molar-refractivity contribution in [3.8, 4) is 0 Å². The Hall–Kier alpha value is -0.570. The molecule has 1 heterocycles. The highest BCUT2D eigenvalue weighted by Gasteiger charge is 2.36. The smallest absolute Gasteiger partial charge is 0.237 e. The second-order valence-corrected chi connectivity index (χ2v) is 6.65. The fraction of sp³-hybridized carbons (Fsp3) is 0.933. The molecule has 1 saturated carbocycles. The van der Waals surface area contributed by atoms with Crippen LogP contribution in [0.15, 0.2) is 0 Å². The summed E-state index contributed by atoms with van der Waals surface area (Å²) in [5.41, 5.74) is 0.275. The van der Waals surface area contributed by atoms with Crippen LogP contribution < -0.4 is 10.6 Å². The van der Waals surface area contributed by atoms with Gasteiger partial charge < -0.3 is 10.6 Å². The summed E-state index contributed by atoms with van der Waals surface area (Å²) in [5.74, 6) is 0.233. The van der Waals surface area contributed by atoms with Crippen LogP contribution in [0.4, 0.5) is 0 Å². The lowest BCUT2D eigenvalue weighted by atomic mass is 9.87. The Labute approximate surface area is 111 Å². The van der Waals surface area contributed by atoms with Crippen molar-refractivity contribution in [1.82, 2.24) is 10.6 Å². The third kappa shape index (κ3) is 3.47. The summed E-state index contributed by atoms with van der Waals surface area (Å²) >= 11 is 0. The summed E-state index contributed by atoms with van der Waals surface area (Å²) in [6.07, 6.45) is 9.59. The van der Waals surface area contributed by atoms with Gasteiger partial charge in [-0.15, -0.1) is 0 Å². The van der Waals surface area contributed by atoms with Crippen molar-refractivity contribution >= 4 is 5.91 Å². The molecule has 0 radical (unpaired) electrons. The zero-order chi connectivity index (χ0) is 13.0. The van der Waals surface area contributed by atoms with Crippen LogP contribution in [0.1, 0.15) is 65.2 Å². The molecule has 3 nitrogen and oxygen atoms in total. The first-order chi connectivity index (χ1) is 8.59. The third-order valence-electron chi connectivity index (χ3n) is 4.70. The number of rotatable bonds is 2. The molecular weight excluding hydrogens is 224 g/mol. The van der Waals surface area contributed by atoms with Gasteiger partial charge in [0.2, 0.25) is 5.91 Å². The van der Waals surface area contributed by atoms with Crippen LogP contribution in [0.3, 0.4) is 0 Å². The predicted octanol–water partition coefficient (Wildman–Crippen LogP) is 2.60. The molecule has 2 atom stereocenters. The van der Waals surface area contributed by atoms with E-state index >= 15 is 0 Å². The quantitative estimate of drug-likeness (QED) is 0.793. The number of carbonyl (C=O) groups excluding carboxylic acids is 1. The number of hydrogen-bond donors (Lipinski definition) is 2. The molecule has 1 saturated heterocycles. The minimum Gasteiger partial charge on any atom is -0.351 e. The van der Waals surface area contributed by atoms with Crippen LogP contribution >= 0.6 is 0 Å². The van der Waals surface area contributed by atoms with Crippen LogP contribution in [-0.2, 0) is 4.79 Å². The Bertz CT molecular complexity index is 280. The molecule has 0 aromatic rings. The van der Waals surface area contributed by atoms with E-state index in [0.717, 1.165) is 19.4 Å². The molecule has 1 aliphatic carbocycles. The maximum absolute atomic E-state index is 12.3. The minimum absolute atomic E-state index is 0.0432. The molecule has 2 N–H and O–H groups in total. The van der Waals surface area contributed by atoms with Crippen molar-refractivity contribution < 1.29 is 4.79 Å². The molecule has 1 amide bonds. The van der Waals surface area contributed by atoms with Gasteiger partial charge in [-0.05, 0) is 37.6 Å². The molecule has 0 bridgehead atoms. The van der Waals surface area contributed by atoms with Crippen LogP contribution in [0.5, 0.6) is 0 Å². The lowest BCUT2D eigenvalue weighted by molar-refractivity contribution is -0.124. The van der Waals surface area contributed by atoms with E-state index in [1.807, 2.05) is 0 Å². The zero-order valence-electron chi connectivity index (χ0n) is 11.9. The van der Waals surface area contributed by atoms with E-state index in [-0.39, 0.29) is 17.4 Å². The van der Waals surface area contributed by atoms with Crippen molar-refractivity contribution in [2.75, 3.05) is 6.54 Å². The van der Waals surface area contributed by atoms with E-state index in [4.69, 9.17) is 0 Å². The third-order valence-corrected chi connectivity index (χ3v) is 4.70. The average molecular weight is 252 g/mol. The average Bonchev–Trinajstić information content (AvgIpc) is 2.57. The molecular formula is C15H28N2O. The van der Waals surface area contributed by atoms with Gasteiger partial charge in [0, 0.05) is 6.04 Å². The minimum atomic E-state index is 0.0432.